The molecule has 0 radical (unpaired) electrons. The van der Waals surface area contributed by atoms with Crippen molar-refractivity contribution in [3.8, 4) is 5.75 Å². The number of aliphatic hydroxyl groups is 1. The van der Waals surface area contributed by atoms with Crippen LogP contribution in [0.25, 0.3) is 0 Å². The normalized spacial score (nSPS) is 32.9. The summed E-state index contributed by atoms with van der Waals surface area (Å²) < 4.78 is 12.1. The Morgan fingerprint density at radius 2 is 1.90 bits per heavy atom. The Bertz CT molecular complexity index is 859. The van der Waals surface area contributed by atoms with E-state index in [4.69, 9.17) is 9.16 Å². The first-order chi connectivity index (χ1) is 14.5. The van der Waals surface area contributed by atoms with Gasteiger partial charge in [-0.2, -0.15) is 0 Å². The van der Waals surface area contributed by atoms with E-state index in [2.05, 4.69) is 39.9 Å². The molecule has 1 N–H and O–H groups in total. The van der Waals surface area contributed by atoms with E-state index in [1.54, 1.807) is 13.2 Å². The van der Waals surface area contributed by atoms with Crippen LogP contribution in [-0.2, 0) is 15.6 Å². The number of carbonyl (C=O) groups is 1. The molecular weight excluding hydrogens is 406 g/mol. The Hall–Kier alpha value is -1.63. The number of amides is 1. The van der Waals surface area contributed by atoms with Crippen molar-refractivity contribution < 1.29 is 19.1 Å². The lowest BCUT2D eigenvalue weighted by molar-refractivity contribution is -0.161. The summed E-state index contributed by atoms with van der Waals surface area (Å²) >= 11 is 0. The summed E-state index contributed by atoms with van der Waals surface area (Å²) in [5.41, 5.74) is 0.826. The lowest BCUT2D eigenvalue weighted by Crippen LogP contribution is -2.68. The number of hydrogen-bond donors (Lipinski definition) is 1. The fourth-order valence-electron chi connectivity index (χ4n) is 5.41. The highest BCUT2D eigenvalue weighted by molar-refractivity contribution is 6.74. The molecule has 2 bridgehead atoms. The smallest absolute Gasteiger partial charge is 0.247 e. The second-order valence-corrected chi connectivity index (χ2v) is 15.8. The summed E-state index contributed by atoms with van der Waals surface area (Å²) in [6, 6.07) is 7.68. The summed E-state index contributed by atoms with van der Waals surface area (Å²) in [6.45, 7) is 11.3. The third-order valence-electron chi connectivity index (χ3n) is 8.20. The van der Waals surface area contributed by atoms with Crippen molar-refractivity contribution >= 4 is 14.2 Å². The van der Waals surface area contributed by atoms with Gasteiger partial charge in [-0.25, -0.2) is 0 Å². The summed E-state index contributed by atoms with van der Waals surface area (Å²) in [5.74, 6) is 0.876. The lowest BCUT2D eigenvalue weighted by Gasteiger charge is -2.58. The van der Waals surface area contributed by atoms with E-state index in [0.717, 1.165) is 30.6 Å². The quantitative estimate of drug-likeness (QED) is 0.689. The predicted octanol–water partition coefficient (Wildman–Crippen LogP) is 4.31. The highest BCUT2D eigenvalue weighted by Crippen LogP contribution is 2.51. The van der Waals surface area contributed by atoms with Crippen molar-refractivity contribution in [2.24, 2.45) is 5.92 Å². The third-order valence-corrected chi connectivity index (χ3v) is 12.7. The van der Waals surface area contributed by atoms with Gasteiger partial charge in [0.05, 0.1) is 30.9 Å². The van der Waals surface area contributed by atoms with Crippen LogP contribution in [-0.4, -0.2) is 55.1 Å². The molecule has 3 aliphatic rings. The van der Waals surface area contributed by atoms with Gasteiger partial charge in [-0.15, -0.1) is 0 Å². The van der Waals surface area contributed by atoms with Crippen LogP contribution in [0.15, 0.2) is 36.4 Å². The van der Waals surface area contributed by atoms with Crippen molar-refractivity contribution in [1.29, 1.82) is 0 Å². The Balaban J connectivity index is 1.62. The number of rotatable bonds is 5. The number of nitrogens with zero attached hydrogens (tertiary/aromatic N) is 1. The van der Waals surface area contributed by atoms with Gasteiger partial charge < -0.3 is 19.2 Å². The molecule has 5 nitrogen and oxygen atoms in total. The number of carbonyl (C=O) groups excluding carboxylic acids is 1. The highest BCUT2D eigenvalue weighted by atomic mass is 28.4. The Morgan fingerprint density at radius 1 is 1.23 bits per heavy atom. The number of hydrogen-bond acceptors (Lipinski definition) is 4. The minimum atomic E-state index is -1.96. The summed E-state index contributed by atoms with van der Waals surface area (Å²) in [7, 11) is -0.303. The Kier molecular flexibility index (Phi) is 5.64. The molecule has 2 fully saturated rings. The van der Waals surface area contributed by atoms with Crippen LogP contribution >= 0.6 is 0 Å². The highest BCUT2D eigenvalue weighted by Gasteiger charge is 2.58. The topological polar surface area (TPSA) is 59.0 Å². The van der Waals surface area contributed by atoms with Gasteiger partial charge in [0.2, 0.25) is 5.91 Å². The second-order valence-electron chi connectivity index (χ2n) is 11.1. The molecule has 6 heteroatoms. The van der Waals surface area contributed by atoms with Crippen LogP contribution in [0.3, 0.4) is 0 Å². The molecule has 1 saturated heterocycles. The van der Waals surface area contributed by atoms with Gasteiger partial charge in [0.1, 0.15) is 5.75 Å². The largest absolute Gasteiger partial charge is 0.497 e. The van der Waals surface area contributed by atoms with Gasteiger partial charge in [-0.05, 0) is 61.5 Å². The number of aliphatic hydroxyl groups excluding tert-OH is 1. The number of piperidine rings is 1. The minimum absolute atomic E-state index is 0.0276. The zero-order valence-corrected chi connectivity index (χ0v) is 20.7. The van der Waals surface area contributed by atoms with E-state index in [1.165, 1.54) is 0 Å². The SMILES string of the molecule is COc1ccc(C[C@@H]2[C@H](O)[C@@H]3C[C@@]4(C=CC(=O)N24)CC[C@H]3O[Si](C)(C)C(C)(C)C)cc1. The summed E-state index contributed by atoms with van der Waals surface area (Å²) in [5, 5.41) is 11.7. The summed E-state index contributed by atoms with van der Waals surface area (Å²) in [4.78, 5) is 14.8. The van der Waals surface area contributed by atoms with Crippen molar-refractivity contribution in [2.75, 3.05) is 7.11 Å². The molecule has 1 saturated carbocycles. The van der Waals surface area contributed by atoms with Gasteiger partial charge in [0.15, 0.2) is 8.32 Å². The van der Waals surface area contributed by atoms with Gasteiger partial charge in [0.25, 0.3) is 0 Å². The number of benzene rings is 1. The van der Waals surface area contributed by atoms with Gasteiger partial charge in [-0.1, -0.05) is 39.0 Å². The van der Waals surface area contributed by atoms with E-state index in [-0.39, 0.29) is 34.5 Å². The molecule has 1 aromatic carbocycles. The van der Waals surface area contributed by atoms with Crippen LogP contribution in [0.1, 0.15) is 45.6 Å². The maximum absolute atomic E-state index is 12.9. The van der Waals surface area contributed by atoms with E-state index >= 15 is 0 Å². The molecule has 1 amide bonds. The lowest BCUT2D eigenvalue weighted by atomic mass is 9.66. The van der Waals surface area contributed by atoms with Gasteiger partial charge >= 0.3 is 0 Å². The van der Waals surface area contributed by atoms with E-state index in [0.29, 0.717) is 6.42 Å². The van der Waals surface area contributed by atoms with E-state index in [9.17, 15) is 9.90 Å². The van der Waals surface area contributed by atoms with Crippen LogP contribution in [0.2, 0.25) is 18.1 Å². The molecule has 2 aliphatic heterocycles. The third kappa shape index (κ3) is 3.87. The molecule has 31 heavy (non-hydrogen) atoms. The Labute approximate surface area is 187 Å². The van der Waals surface area contributed by atoms with E-state index < -0.39 is 14.4 Å². The van der Waals surface area contributed by atoms with Crippen LogP contribution in [0.4, 0.5) is 0 Å². The molecule has 0 aromatic heterocycles. The van der Waals surface area contributed by atoms with Crippen molar-refractivity contribution in [2.45, 2.75) is 88.4 Å². The van der Waals surface area contributed by atoms with Crippen molar-refractivity contribution in [1.82, 2.24) is 4.90 Å². The second kappa shape index (κ2) is 7.75. The first kappa shape index (κ1) is 22.6. The first-order valence-electron chi connectivity index (χ1n) is 11.5. The zero-order chi connectivity index (χ0) is 22.6. The molecule has 170 valence electrons. The van der Waals surface area contributed by atoms with E-state index in [1.807, 2.05) is 29.2 Å². The molecule has 0 unspecified atom stereocenters. The predicted molar refractivity (Wildman–Crippen MR) is 125 cm³/mol. The maximum Gasteiger partial charge on any atom is 0.247 e. The van der Waals surface area contributed by atoms with Crippen molar-refractivity contribution in [3.63, 3.8) is 0 Å². The van der Waals surface area contributed by atoms with Crippen LogP contribution in [0, 0.1) is 5.92 Å². The average Bonchev–Trinajstić information content (AvgIpc) is 3.02. The molecule has 1 spiro atoms. The summed E-state index contributed by atoms with van der Waals surface area (Å²) in [6.07, 6.45) is 6.45. The fraction of sp³-hybridized carbons (Fsp3) is 0.640. The minimum Gasteiger partial charge on any atom is -0.497 e. The molecule has 1 aliphatic carbocycles. The average molecular weight is 444 g/mol. The molecular formula is C25H37NO4Si. The fourth-order valence-corrected chi connectivity index (χ4v) is 6.82. The number of fused-ring (bicyclic) bond motifs is 1. The molecule has 4 rings (SSSR count). The van der Waals surface area contributed by atoms with Gasteiger partial charge in [-0.3, -0.25) is 4.79 Å². The monoisotopic (exact) mass is 443 g/mol. The molecule has 5 atom stereocenters. The first-order valence-corrected chi connectivity index (χ1v) is 14.4. The number of methoxy groups -OCH3 is 1. The maximum atomic E-state index is 12.9. The van der Waals surface area contributed by atoms with Crippen LogP contribution < -0.4 is 4.74 Å². The standard InChI is InChI=1S/C25H37NO4Si/c1-24(2,3)31(5,6)30-21-11-13-25-14-12-22(27)26(25)20(23(28)19(21)16-25)15-17-7-9-18(29-4)10-8-17/h7-10,12,14,19-21,23,28H,11,13,15-16H2,1-6H3/t19-,20-,21-,23-,25+/m1/s1. The Morgan fingerprint density at radius 3 is 2.52 bits per heavy atom. The van der Waals surface area contributed by atoms with Crippen molar-refractivity contribution in [3.05, 3.63) is 42.0 Å². The molecule has 1 aromatic rings. The molecule has 2 heterocycles. The zero-order valence-electron chi connectivity index (χ0n) is 19.7. The van der Waals surface area contributed by atoms with Crippen LogP contribution in [0.5, 0.6) is 5.75 Å². The number of ether oxygens (including phenoxy) is 1. The van der Waals surface area contributed by atoms with Gasteiger partial charge in [0, 0.05) is 12.0 Å².